The van der Waals surface area contributed by atoms with Gasteiger partial charge in [-0.1, -0.05) is 35.3 Å². The zero-order valence-electron chi connectivity index (χ0n) is 19.8. The first-order valence-corrected chi connectivity index (χ1v) is 13.3. The molecule has 0 radical (unpaired) electrons. The number of thiazole rings is 1. The van der Waals surface area contributed by atoms with E-state index in [0.29, 0.717) is 38.6 Å². The molecule has 38 heavy (non-hydrogen) atoms. The van der Waals surface area contributed by atoms with E-state index >= 15 is 0 Å². The van der Waals surface area contributed by atoms with Crippen LogP contribution in [-0.4, -0.2) is 23.1 Å². The Kier molecular flexibility index (Phi) is 7.76. The van der Waals surface area contributed by atoms with Gasteiger partial charge in [-0.25, -0.2) is 4.98 Å². The van der Waals surface area contributed by atoms with Gasteiger partial charge in [0.15, 0.2) is 5.11 Å². The minimum Gasteiger partial charge on any atom is -0.495 e. The topological polar surface area (TPSA) is 76.4 Å². The summed E-state index contributed by atoms with van der Waals surface area (Å²) in [6.45, 7) is 0. The van der Waals surface area contributed by atoms with Crippen molar-refractivity contribution < 1.29 is 13.9 Å². The number of methoxy groups -OCH3 is 1. The summed E-state index contributed by atoms with van der Waals surface area (Å²) in [5.41, 5.74) is 3.15. The molecule has 1 amide bonds. The second-order valence-corrected chi connectivity index (χ2v) is 10.3. The van der Waals surface area contributed by atoms with Crippen molar-refractivity contribution in [2.75, 3.05) is 12.4 Å². The highest BCUT2D eigenvalue weighted by Crippen LogP contribution is 2.35. The van der Waals surface area contributed by atoms with Crippen molar-refractivity contribution in [3.8, 4) is 27.6 Å². The van der Waals surface area contributed by atoms with Crippen molar-refractivity contribution in [1.29, 1.82) is 0 Å². The lowest BCUT2D eigenvalue weighted by Crippen LogP contribution is -2.32. The maximum atomic E-state index is 12.5. The lowest BCUT2D eigenvalue weighted by atomic mass is 10.2. The number of ether oxygens (including phenoxy) is 1. The summed E-state index contributed by atoms with van der Waals surface area (Å²) in [6, 6.07) is 22.3. The number of para-hydroxylation sites is 1. The van der Waals surface area contributed by atoms with Crippen LogP contribution in [0.15, 0.2) is 83.3 Å². The van der Waals surface area contributed by atoms with Gasteiger partial charge in [0.25, 0.3) is 0 Å². The Morgan fingerprint density at radius 1 is 1.08 bits per heavy atom. The zero-order chi connectivity index (χ0) is 26.6. The molecule has 2 N–H and O–H groups in total. The smallest absolute Gasteiger partial charge is 0.250 e. The number of anilines is 1. The third kappa shape index (κ3) is 5.89. The lowest BCUT2D eigenvalue weighted by Gasteiger charge is -2.13. The van der Waals surface area contributed by atoms with E-state index in [0.717, 1.165) is 20.8 Å². The standard InChI is InChI=1S/C28H19Cl2N3O3S2/c1-35-24-11-6-16(27-31-21-4-2-3-5-25(21)38-27)14-22(24)32-28(37)33-26(34)13-9-18-8-12-23(36-18)19-10-7-17(29)15-20(19)30/h2-15H,1H3,(H2,32,33,34,37)/b13-9+. The number of rotatable bonds is 6. The number of hydrogen-bond donors (Lipinski definition) is 2. The van der Waals surface area contributed by atoms with Gasteiger partial charge in [0, 0.05) is 22.2 Å². The van der Waals surface area contributed by atoms with Crippen LogP contribution in [0.5, 0.6) is 5.75 Å². The normalized spacial score (nSPS) is 11.1. The zero-order valence-corrected chi connectivity index (χ0v) is 23.0. The van der Waals surface area contributed by atoms with E-state index in [1.54, 1.807) is 54.9 Å². The molecule has 2 aromatic heterocycles. The number of benzene rings is 3. The Hall–Kier alpha value is -3.69. The molecule has 2 heterocycles. The first kappa shape index (κ1) is 25.9. The van der Waals surface area contributed by atoms with Crippen molar-refractivity contribution >= 4 is 79.8 Å². The number of nitrogens with one attached hydrogen (secondary N) is 2. The van der Waals surface area contributed by atoms with Crippen LogP contribution in [0.2, 0.25) is 10.0 Å². The number of carbonyl (C=O) groups is 1. The van der Waals surface area contributed by atoms with Crippen molar-refractivity contribution in [2.45, 2.75) is 0 Å². The molecule has 190 valence electrons. The number of nitrogens with zero attached hydrogens (tertiary/aromatic N) is 1. The number of furan rings is 1. The second-order valence-electron chi connectivity index (χ2n) is 8.00. The predicted octanol–water partition coefficient (Wildman–Crippen LogP) is 8.07. The molecular formula is C28H19Cl2N3O3S2. The van der Waals surface area contributed by atoms with Gasteiger partial charge in [-0.05, 0) is 79.0 Å². The van der Waals surface area contributed by atoms with E-state index in [4.69, 9.17) is 49.6 Å². The number of thiocarbonyl (C=S) groups is 1. The first-order valence-electron chi connectivity index (χ1n) is 11.3. The van der Waals surface area contributed by atoms with Crippen LogP contribution in [0, 0.1) is 0 Å². The van der Waals surface area contributed by atoms with Crippen LogP contribution >= 0.6 is 46.8 Å². The van der Waals surface area contributed by atoms with Crippen LogP contribution in [0.3, 0.4) is 0 Å². The molecule has 0 fully saturated rings. The van der Waals surface area contributed by atoms with Crippen LogP contribution in [0.25, 0.3) is 38.2 Å². The molecule has 0 aliphatic carbocycles. The Balaban J connectivity index is 1.25. The van der Waals surface area contributed by atoms with E-state index in [2.05, 4.69) is 10.6 Å². The van der Waals surface area contributed by atoms with Crippen molar-refractivity contribution in [2.24, 2.45) is 0 Å². The van der Waals surface area contributed by atoms with Crippen LogP contribution in [0.4, 0.5) is 5.69 Å². The van der Waals surface area contributed by atoms with Gasteiger partial charge in [-0.3, -0.25) is 10.1 Å². The third-order valence-corrected chi connectivity index (χ3v) is 7.28. The monoisotopic (exact) mass is 579 g/mol. The van der Waals surface area contributed by atoms with Gasteiger partial charge in [0.2, 0.25) is 5.91 Å². The second kappa shape index (κ2) is 11.4. The van der Waals surface area contributed by atoms with Gasteiger partial charge in [-0.15, -0.1) is 11.3 Å². The largest absolute Gasteiger partial charge is 0.495 e. The van der Waals surface area contributed by atoms with Crippen LogP contribution < -0.4 is 15.4 Å². The molecule has 0 saturated heterocycles. The number of carbonyl (C=O) groups excluding carboxylic acids is 1. The van der Waals surface area contributed by atoms with Crippen molar-refractivity contribution in [3.63, 3.8) is 0 Å². The quantitative estimate of drug-likeness (QED) is 0.156. The Morgan fingerprint density at radius 3 is 2.71 bits per heavy atom. The molecule has 0 unspecified atom stereocenters. The molecule has 0 saturated carbocycles. The average Bonchev–Trinajstić information content (AvgIpc) is 3.55. The SMILES string of the molecule is COc1ccc(-c2nc3ccccc3s2)cc1NC(=S)NC(=O)/C=C/c1ccc(-c2ccc(Cl)cc2Cl)o1. The molecule has 0 spiro atoms. The molecule has 0 bridgehead atoms. The first-order chi connectivity index (χ1) is 18.4. The summed E-state index contributed by atoms with van der Waals surface area (Å²) in [7, 11) is 1.57. The summed E-state index contributed by atoms with van der Waals surface area (Å²) in [5.74, 6) is 1.19. The summed E-state index contributed by atoms with van der Waals surface area (Å²) in [4.78, 5) is 17.2. The number of fused-ring (bicyclic) bond motifs is 1. The fourth-order valence-corrected chi connectivity index (χ4v) is 5.35. The predicted molar refractivity (Wildman–Crippen MR) is 159 cm³/mol. The molecule has 3 aromatic carbocycles. The van der Waals surface area contributed by atoms with Gasteiger partial charge in [0.05, 0.1) is 28.0 Å². The molecule has 0 atom stereocenters. The highest BCUT2D eigenvalue weighted by atomic mass is 35.5. The Bertz CT molecular complexity index is 1660. The molecule has 10 heteroatoms. The highest BCUT2D eigenvalue weighted by Gasteiger charge is 2.12. The maximum Gasteiger partial charge on any atom is 0.250 e. The molecule has 6 nitrogen and oxygen atoms in total. The lowest BCUT2D eigenvalue weighted by molar-refractivity contribution is -0.115. The van der Waals surface area contributed by atoms with E-state index < -0.39 is 5.91 Å². The number of amides is 1. The van der Waals surface area contributed by atoms with Gasteiger partial charge in [0.1, 0.15) is 22.3 Å². The van der Waals surface area contributed by atoms with E-state index in [-0.39, 0.29) is 5.11 Å². The molecule has 0 aliphatic rings. The van der Waals surface area contributed by atoms with Crippen LogP contribution in [-0.2, 0) is 4.79 Å². The molecule has 0 aliphatic heterocycles. The van der Waals surface area contributed by atoms with Crippen LogP contribution in [0.1, 0.15) is 5.76 Å². The maximum absolute atomic E-state index is 12.5. The highest BCUT2D eigenvalue weighted by molar-refractivity contribution is 7.80. The minimum absolute atomic E-state index is 0.118. The van der Waals surface area contributed by atoms with Crippen molar-refractivity contribution in [3.05, 3.63) is 94.7 Å². The fraction of sp³-hybridized carbons (Fsp3) is 0.0357. The van der Waals surface area contributed by atoms with E-state index in [9.17, 15) is 4.79 Å². The minimum atomic E-state index is -0.425. The fourth-order valence-electron chi connectivity index (χ4n) is 3.68. The van der Waals surface area contributed by atoms with E-state index in [1.165, 1.54) is 6.08 Å². The average molecular weight is 581 g/mol. The summed E-state index contributed by atoms with van der Waals surface area (Å²) in [6.07, 6.45) is 2.87. The Labute approximate surface area is 237 Å². The molecule has 5 rings (SSSR count). The summed E-state index contributed by atoms with van der Waals surface area (Å²) < 4.78 is 12.3. The number of hydrogen-bond acceptors (Lipinski definition) is 6. The Morgan fingerprint density at radius 2 is 1.92 bits per heavy atom. The summed E-state index contributed by atoms with van der Waals surface area (Å²) >= 11 is 19.2. The molecule has 5 aromatic rings. The number of aromatic nitrogens is 1. The van der Waals surface area contributed by atoms with Crippen molar-refractivity contribution in [1.82, 2.24) is 10.3 Å². The third-order valence-electron chi connectivity index (χ3n) is 5.45. The van der Waals surface area contributed by atoms with E-state index in [1.807, 2.05) is 42.5 Å². The molecular weight excluding hydrogens is 561 g/mol. The van der Waals surface area contributed by atoms with Gasteiger partial charge in [-0.2, -0.15) is 0 Å². The summed E-state index contributed by atoms with van der Waals surface area (Å²) in [5, 5.41) is 7.67. The van der Waals surface area contributed by atoms with Gasteiger partial charge >= 0.3 is 0 Å². The van der Waals surface area contributed by atoms with Gasteiger partial charge < -0.3 is 14.5 Å². The number of halogens is 2.